The van der Waals surface area contributed by atoms with Gasteiger partial charge in [-0.05, 0) is 62.7 Å². The highest BCUT2D eigenvalue weighted by molar-refractivity contribution is 5.95. The average molecular weight is 539 g/mol. The van der Waals surface area contributed by atoms with Crippen molar-refractivity contribution in [3.8, 4) is 5.75 Å². The van der Waals surface area contributed by atoms with Crippen LogP contribution < -0.4 is 10.1 Å². The van der Waals surface area contributed by atoms with Crippen LogP contribution in [-0.4, -0.2) is 85.1 Å². The maximum Gasteiger partial charge on any atom is 0.338 e. The molecule has 1 fully saturated rings. The highest BCUT2D eigenvalue weighted by atomic mass is 19.1. The first-order valence-corrected chi connectivity index (χ1v) is 13.2. The van der Waals surface area contributed by atoms with E-state index in [1.807, 2.05) is 18.7 Å². The molecule has 3 amide bonds. The maximum atomic E-state index is 14.1. The van der Waals surface area contributed by atoms with Gasteiger partial charge in [-0.25, -0.2) is 14.0 Å². The number of halogens is 1. The van der Waals surface area contributed by atoms with Gasteiger partial charge >= 0.3 is 12.0 Å². The molecule has 39 heavy (non-hydrogen) atoms. The van der Waals surface area contributed by atoms with E-state index < -0.39 is 17.8 Å². The molecule has 1 saturated heterocycles. The highest BCUT2D eigenvalue weighted by Gasteiger charge is 2.39. The van der Waals surface area contributed by atoms with Gasteiger partial charge in [-0.3, -0.25) is 14.6 Å². The number of urea groups is 1. The van der Waals surface area contributed by atoms with E-state index in [1.165, 1.54) is 17.0 Å². The Morgan fingerprint density at radius 3 is 2.46 bits per heavy atom. The van der Waals surface area contributed by atoms with Crippen LogP contribution in [0, 0.1) is 5.82 Å². The fourth-order valence-electron chi connectivity index (χ4n) is 5.18. The molecule has 2 aromatic rings. The summed E-state index contributed by atoms with van der Waals surface area (Å²) >= 11 is 0. The molecule has 2 atom stereocenters. The Labute approximate surface area is 228 Å². The first kappa shape index (κ1) is 28.1. The predicted octanol–water partition coefficient (Wildman–Crippen LogP) is 3.58. The molecule has 9 nitrogen and oxygen atoms in total. The van der Waals surface area contributed by atoms with E-state index in [4.69, 9.17) is 9.47 Å². The van der Waals surface area contributed by atoms with Gasteiger partial charge in [0.25, 0.3) is 5.91 Å². The van der Waals surface area contributed by atoms with Crippen molar-refractivity contribution in [2.24, 2.45) is 0 Å². The molecule has 4 rings (SSSR count). The van der Waals surface area contributed by atoms with Gasteiger partial charge < -0.3 is 19.7 Å². The van der Waals surface area contributed by atoms with Crippen molar-refractivity contribution in [3.05, 3.63) is 76.7 Å². The van der Waals surface area contributed by atoms with Crippen LogP contribution in [0.1, 0.15) is 42.7 Å². The molecule has 0 spiro atoms. The van der Waals surface area contributed by atoms with E-state index in [1.54, 1.807) is 50.4 Å². The molecule has 0 radical (unpaired) electrons. The molecular weight excluding hydrogens is 503 g/mol. The maximum absolute atomic E-state index is 14.1. The molecule has 1 N–H and O–H groups in total. The van der Waals surface area contributed by atoms with Crippen LogP contribution in [-0.2, 0) is 9.53 Å². The number of likely N-dealkylation sites (N-methyl/N-ethyl adjacent to an activating group) is 1. The summed E-state index contributed by atoms with van der Waals surface area (Å²) in [6.45, 7) is 7.92. The zero-order valence-corrected chi connectivity index (χ0v) is 22.8. The van der Waals surface area contributed by atoms with Gasteiger partial charge in [0.1, 0.15) is 11.6 Å². The number of rotatable bonds is 8. The van der Waals surface area contributed by atoms with Gasteiger partial charge in [0.2, 0.25) is 0 Å². The summed E-state index contributed by atoms with van der Waals surface area (Å²) in [7, 11) is 1.58. The average Bonchev–Trinajstić information content (AvgIpc) is 2.93. The van der Waals surface area contributed by atoms with Crippen molar-refractivity contribution in [1.82, 2.24) is 20.0 Å². The number of hydrogen-bond acceptors (Lipinski definition) is 6. The van der Waals surface area contributed by atoms with Gasteiger partial charge in [0.05, 0.1) is 25.3 Å². The second-order valence-electron chi connectivity index (χ2n) is 9.57. The Morgan fingerprint density at radius 1 is 1.10 bits per heavy atom. The third-order valence-corrected chi connectivity index (χ3v) is 7.11. The molecular formula is C29H35FN4O5. The lowest BCUT2D eigenvalue weighted by atomic mass is 9.94. The number of nitrogens with one attached hydrogen (secondary N) is 1. The molecule has 208 valence electrons. The Hall–Kier alpha value is -3.92. The van der Waals surface area contributed by atoms with Crippen molar-refractivity contribution >= 4 is 17.9 Å². The van der Waals surface area contributed by atoms with Gasteiger partial charge in [0.15, 0.2) is 0 Å². The van der Waals surface area contributed by atoms with Crippen molar-refractivity contribution in [2.45, 2.75) is 32.9 Å². The molecule has 2 aliphatic heterocycles. The summed E-state index contributed by atoms with van der Waals surface area (Å²) in [6.07, 6.45) is 0. The minimum atomic E-state index is -0.847. The van der Waals surface area contributed by atoms with Gasteiger partial charge in [0, 0.05) is 50.0 Å². The summed E-state index contributed by atoms with van der Waals surface area (Å²) in [5.74, 6) is -0.393. The number of carbonyl (C=O) groups excluding carboxylic acids is 3. The van der Waals surface area contributed by atoms with Gasteiger partial charge in [-0.1, -0.05) is 12.1 Å². The van der Waals surface area contributed by atoms with E-state index in [0.29, 0.717) is 55.3 Å². The number of nitrogens with zero attached hydrogens (tertiary/aromatic N) is 3. The summed E-state index contributed by atoms with van der Waals surface area (Å²) < 4.78 is 24.7. The molecule has 0 bridgehead atoms. The number of hydrogen-bond donors (Lipinski definition) is 1. The molecule has 2 heterocycles. The third-order valence-electron chi connectivity index (χ3n) is 7.11. The Bertz CT molecular complexity index is 1250. The van der Waals surface area contributed by atoms with Crippen LogP contribution >= 0.6 is 0 Å². The van der Waals surface area contributed by atoms with Crippen LogP contribution in [0.2, 0.25) is 0 Å². The predicted molar refractivity (Wildman–Crippen MR) is 144 cm³/mol. The SMILES string of the molecule is CCOC(=O)C1=C(CN2CCN(C(=O)c3ccc(OC)cc3)[C@H](C)C2)N(CC)C(=O)N[C@@H]1c1cccc(F)c1. The number of amides is 3. The summed E-state index contributed by atoms with van der Waals surface area (Å²) in [5.41, 5.74) is 1.86. The Morgan fingerprint density at radius 2 is 1.85 bits per heavy atom. The molecule has 10 heteroatoms. The second kappa shape index (κ2) is 12.3. The first-order chi connectivity index (χ1) is 18.8. The monoisotopic (exact) mass is 538 g/mol. The first-order valence-electron chi connectivity index (χ1n) is 13.2. The summed E-state index contributed by atoms with van der Waals surface area (Å²) in [5, 5.41) is 2.86. The summed E-state index contributed by atoms with van der Waals surface area (Å²) in [6, 6.07) is 11.6. The van der Waals surface area contributed by atoms with Gasteiger partial charge in [-0.15, -0.1) is 0 Å². The zero-order valence-electron chi connectivity index (χ0n) is 22.8. The second-order valence-corrected chi connectivity index (χ2v) is 9.57. The van der Waals surface area contributed by atoms with Crippen molar-refractivity contribution in [2.75, 3.05) is 46.4 Å². The molecule has 2 aromatic carbocycles. The molecule has 0 unspecified atom stereocenters. The third kappa shape index (κ3) is 6.06. The number of esters is 1. The number of carbonyl (C=O) groups is 3. The van der Waals surface area contributed by atoms with E-state index in [9.17, 15) is 18.8 Å². The smallest absolute Gasteiger partial charge is 0.338 e. The Balaban J connectivity index is 1.61. The largest absolute Gasteiger partial charge is 0.497 e. The van der Waals surface area contributed by atoms with Crippen LogP contribution in [0.15, 0.2) is 59.8 Å². The number of benzene rings is 2. The quantitative estimate of drug-likeness (QED) is 0.517. The van der Waals surface area contributed by atoms with E-state index >= 15 is 0 Å². The molecule has 2 aliphatic rings. The molecule has 0 aromatic heterocycles. The molecule has 0 aliphatic carbocycles. The van der Waals surface area contributed by atoms with E-state index in [-0.39, 0.29) is 30.2 Å². The zero-order chi connectivity index (χ0) is 28.1. The standard InChI is InChI=1S/C29H35FN4O5/c1-5-33-24(25(28(36)39-6-2)26(31-29(33)37)21-8-7-9-22(30)16-21)18-32-14-15-34(19(3)17-32)27(35)20-10-12-23(38-4)13-11-20/h7-13,16,19,26H,5-6,14-15,17-18H2,1-4H3,(H,31,37)/t19-,26-/m1/s1. The minimum absolute atomic E-state index is 0.0605. The van der Waals surface area contributed by atoms with Crippen LogP contribution in [0.4, 0.5) is 9.18 Å². The number of methoxy groups -OCH3 is 1. The van der Waals surface area contributed by atoms with Crippen molar-refractivity contribution < 1.29 is 28.2 Å². The van der Waals surface area contributed by atoms with Gasteiger partial charge in [-0.2, -0.15) is 0 Å². The fraction of sp³-hybridized carbons (Fsp3) is 0.414. The lowest BCUT2D eigenvalue weighted by Gasteiger charge is -2.43. The number of ether oxygens (including phenoxy) is 2. The lowest BCUT2D eigenvalue weighted by molar-refractivity contribution is -0.139. The van der Waals surface area contributed by atoms with E-state index in [2.05, 4.69) is 10.2 Å². The van der Waals surface area contributed by atoms with Crippen molar-refractivity contribution in [3.63, 3.8) is 0 Å². The topological polar surface area (TPSA) is 91.4 Å². The normalized spacial score (nSPS) is 20.1. The number of piperazine rings is 1. The van der Waals surface area contributed by atoms with E-state index in [0.717, 1.165) is 0 Å². The molecule has 0 saturated carbocycles. The van der Waals surface area contributed by atoms with Crippen LogP contribution in [0.5, 0.6) is 5.75 Å². The Kier molecular flexibility index (Phi) is 8.86. The summed E-state index contributed by atoms with van der Waals surface area (Å²) in [4.78, 5) is 45.1. The lowest BCUT2D eigenvalue weighted by Crippen LogP contribution is -2.56. The van der Waals surface area contributed by atoms with Crippen LogP contribution in [0.3, 0.4) is 0 Å². The van der Waals surface area contributed by atoms with Crippen LogP contribution in [0.25, 0.3) is 0 Å². The highest BCUT2D eigenvalue weighted by Crippen LogP contribution is 2.33. The van der Waals surface area contributed by atoms with Crippen molar-refractivity contribution in [1.29, 1.82) is 0 Å². The fourth-order valence-corrected chi connectivity index (χ4v) is 5.18. The minimum Gasteiger partial charge on any atom is -0.497 e.